The van der Waals surface area contributed by atoms with Gasteiger partial charge in [-0.15, -0.1) is 10.2 Å². The summed E-state index contributed by atoms with van der Waals surface area (Å²) in [5, 5.41) is 8.54. The average molecular weight is 427 g/mol. The fraction of sp³-hybridized carbons (Fsp3) is 0.200. The molecule has 2 amide bonds. The summed E-state index contributed by atoms with van der Waals surface area (Å²) in [6.45, 7) is 0.406. The maximum Gasteiger partial charge on any atom is 0.261 e. The van der Waals surface area contributed by atoms with Crippen LogP contribution in [0.2, 0.25) is 0 Å². The third kappa shape index (κ3) is 3.99. The predicted octanol–water partition coefficient (Wildman–Crippen LogP) is 2.49. The quantitative estimate of drug-likeness (QED) is 0.255. The smallest absolute Gasteiger partial charge is 0.261 e. The van der Waals surface area contributed by atoms with Crippen LogP contribution in [-0.2, 0) is 6.61 Å². The molecule has 2 N–H and O–H groups in total. The van der Waals surface area contributed by atoms with Crippen LogP contribution < -0.4 is 10.6 Å². The Balaban J connectivity index is 1.26. The summed E-state index contributed by atoms with van der Waals surface area (Å²) in [7, 11) is 0. The van der Waals surface area contributed by atoms with Crippen LogP contribution in [0.15, 0.2) is 53.7 Å². The summed E-state index contributed by atoms with van der Waals surface area (Å²) in [6.07, 6.45) is 0.588. The van der Waals surface area contributed by atoms with Crippen molar-refractivity contribution in [3.8, 4) is 5.75 Å². The molecule has 2 heterocycles. The van der Waals surface area contributed by atoms with Gasteiger partial charge >= 0.3 is 0 Å². The number of ether oxygens (including phenoxy) is 1. The minimum atomic E-state index is -0.343. The lowest BCUT2D eigenvalue weighted by molar-refractivity contribution is 0.0655. The highest BCUT2D eigenvalue weighted by Gasteiger charge is 2.34. The van der Waals surface area contributed by atoms with Crippen LogP contribution in [0.25, 0.3) is 0 Å². The topological polar surface area (TPSA) is 103 Å². The Kier molecular flexibility index (Phi) is 5.66. The first-order chi connectivity index (χ1) is 14.5. The molecule has 0 fully saturated rings. The molecule has 8 nitrogen and oxygen atoms in total. The number of thioether (sulfide) groups is 1. The van der Waals surface area contributed by atoms with Gasteiger partial charge in [0.05, 0.1) is 11.1 Å². The van der Waals surface area contributed by atoms with E-state index in [2.05, 4.69) is 10.2 Å². The molecule has 0 atom stereocenters. The van der Waals surface area contributed by atoms with Crippen molar-refractivity contribution in [2.75, 3.05) is 18.1 Å². The lowest BCUT2D eigenvalue weighted by Crippen LogP contribution is -2.31. The molecule has 0 radical (unpaired) electrons. The van der Waals surface area contributed by atoms with Crippen LogP contribution in [0.1, 0.15) is 33.0 Å². The lowest BCUT2D eigenvalue weighted by Gasteiger charge is -2.13. The summed E-state index contributed by atoms with van der Waals surface area (Å²) in [6, 6.07) is 12.5. The Morgan fingerprint density at radius 2 is 1.67 bits per heavy atom. The molecule has 154 valence electrons. The van der Waals surface area contributed by atoms with Gasteiger partial charge in [0.25, 0.3) is 11.8 Å². The van der Waals surface area contributed by atoms with E-state index < -0.39 is 0 Å². The Morgan fingerprint density at radius 1 is 1.00 bits per heavy atom. The van der Waals surface area contributed by atoms with Crippen molar-refractivity contribution in [3.05, 3.63) is 71.3 Å². The first kappa shape index (κ1) is 19.9. The van der Waals surface area contributed by atoms with E-state index in [1.54, 1.807) is 24.3 Å². The van der Waals surface area contributed by atoms with Crippen molar-refractivity contribution in [3.63, 3.8) is 0 Å². The number of rotatable bonds is 8. The second-order valence-electron chi connectivity index (χ2n) is 6.52. The summed E-state index contributed by atoms with van der Waals surface area (Å²) in [5.41, 5.74) is 0.894. The van der Waals surface area contributed by atoms with Crippen LogP contribution in [0.4, 0.5) is 4.39 Å². The van der Waals surface area contributed by atoms with E-state index in [9.17, 15) is 14.0 Å². The van der Waals surface area contributed by atoms with Crippen LogP contribution >= 0.6 is 11.8 Å². The fourth-order valence-corrected chi connectivity index (χ4v) is 3.81. The minimum absolute atomic E-state index is 0.0880. The molecule has 0 saturated carbocycles. The van der Waals surface area contributed by atoms with Gasteiger partial charge < -0.3 is 10.6 Å². The third-order valence-corrected chi connectivity index (χ3v) is 5.58. The maximum atomic E-state index is 12.9. The first-order valence-electron chi connectivity index (χ1n) is 9.20. The monoisotopic (exact) mass is 427 g/mol. The molecule has 0 saturated heterocycles. The first-order valence-corrected chi connectivity index (χ1v) is 10.2. The third-order valence-electron chi connectivity index (χ3n) is 4.55. The number of fused-ring (bicyclic) bond motifs is 1. The van der Waals surface area contributed by atoms with Gasteiger partial charge in [-0.05, 0) is 42.8 Å². The minimum Gasteiger partial charge on any atom is -0.486 e. The normalized spacial score (nSPS) is 13.0. The number of hydrogen-bond acceptors (Lipinski definition) is 7. The number of hydrogen-bond donors (Lipinski definition) is 1. The number of nitrogens with zero attached hydrogens (tertiary/aromatic N) is 4. The zero-order valence-electron chi connectivity index (χ0n) is 15.8. The molecule has 0 spiro atoms. The van der Waals surface area contributed by atoms with Crippen molar-refractivity contribution in [2.24, 2.45) is 0 Å². The second-order valence-corrected chi connectivity index (χ2v) is 7.58. The fourth-order valence-electron chi connectivity index (χ4n) is 3.01. The van der Waals surface area contributed by atoms with Gasteiger partial charge in [-0.1, -0.05) is 23.9 Å². The zero-order chi connectivity index (χ0) is 21.1. The molecule has 0 unspecified atom stereocenters. The molecule has 1 aliphatic rings. The van der Waals surface area contributed by atoms with E-state index in [1.807, 2.05) is 0 Å². The number of nitrogen functional groups attached to an aromatic ring is 1. The highest BCUT2D eigenvalue weighted by atomic mass is 32.2. The summed E-state index contributed by atoms with van der Waals surface area (Å²) in [5.74, 6) is 6.66. The SMILES string of the molecule is Nn1c(COc2ccc(F)cc2)nnc1SCCCN1C(=O)c2ccccc2C1=O. The van der Waals surface area contributed by atoms with Crippen molar-refractivity contribution in [2.45, 2.75) is 18.2 Å². The molecule has 0 bridgehead atoms. The van der Waals surface area contributed by atoms with Gasteiger partial charge in [0, 0.05) is 12.3 Å². The van der Waals surface area contributed by atoms with Gasteiger partial charge in [-0.3, -0.25) is 14.5 Å². The van der Waals surface area contributed by atoms with E-state index in [1.165, 1.54) is 45.6 Å². The number of aromatic nitrogens is 3. The van der Waals surface area contributed by atoms with E-state index in [-0.39, 0.29) is 24.2 Å². The van der Waals surface area contributed by atoms with Crippen molar-refractivity contribution < 1.29 is 18.7 Å². The summed E-state index contributed by atoms with van der Waals surface area (Å²) < 4.78 is 19.8. The predicted molar refractivity (Wildman–Crippen MR) is 108 cm³/mol. The largest absolute Gasteiger partial charge is 0.486 e. The molecular formula is C20H18FN5O3S. The number of amides is 2. The molecule has 3 aromatic rings. The number of imide groups is 1. The molecule has 30 heavy (non-hydrogen) atoms. The van der Waals surface area contributed by atoms with Crippen LogP contribution in [0.3, 0.4) is 0 Å². The number of carbonyl (C=O) groups is 2. The molecule has 4 rings (SSSR count). The molecule has 1 aromatic heterocycles. The molecule has 0 aliphatic carbocycles. The Morgan fingerprint density at radius 3 is 2.33 bits per heavy atom. The molecular weight excluding hydrogens is 409 g/mol. The number of halogens is 1. The Bertz CT molecular complexity index is 1050. The van der Waals surface area contributed by atoms with E-state index in [0.29, 0.717) is 46.6 Å². The summed E-state index contributed by atoms with van der Waals surface area (Å²) >= 11 is 1.37. The van der Waals surface area contributed by atoms with Crippen LogP contribution in [0.5, 0.6) is 5.75 Å². The van der Waals surface area contributed by atoms with Gasteiger partial charge in [0.1, 0.15) is 18.2 Å². The zero-order valence-corrected chi connectivity index (χ0v) is 16.6. The van der Waals surface area contributed by atoms with Crippen LogP contribution in [-0.4, -0.2) is 43.9 Å². The van der Waals surface area contributed by atoms with Crippen molar-refractivity contribution in [1.29, 1.82) is 0 Å². The van der Waals surface area contributed by atoms with E-state index in [4.69, 9.17) is 10.6 Å². The highest BCUT2D eigenvalue weighted by molar-refractivity contribution is 7.99. The van der Waals surface area contributed by atoms with E-state index >= 15 is 0 Å². The average Bonchev–Trinajstić information content (AvgIpc) is 3.23. The Hall–Kier alpha value is -3.40. The molecule has 10 heteroatoms. The number of benzene rings is 2. The van der Waals surface area contributed by atoms with Gasteiger partial charge in [0.15, 0.2) is 5.82 Å². The van der Waals surface area contributed by atoms with E-state index in [0.717, 1.165) is 0 Å². The van der Waals surface area contributed by atoms with Crippen molar-refractivity contribution in [1.82, 2.24) is 19.8 Å². The van der Waals surface area contributed by atoms with Crippen LogP contribution in [0, 0.1) is 5.82 Å². The number of nitrogens with two attached hydrogens (primary N) is 1. The maximum absolute atomic E-state index is 12.9. The van der Waals surface area contributed by atoms with Gasteiger partial charge in [0.2, 0.25) is 5.16 Å². The second kappa shape index (κ2) is 8.54. The standard InChI is InChI=1S/C20H18FN5O3S/c21-13-6-8-14(9-7-13)29-12-17-23-24-20(26(17)22)30-11-3-10-25-18(27)15-4-1-2-5-16(15)19(25)28/h1-2,4-9H,3,10-12,22H2. The van der Waals surface area contributed by atoms with Gasteiger partial charge in [-0.25, -0.2) is 9.07 Å². The Labute approximate surface area is 175 Å². The van der Waals surface area contributed by atoms with Gasteiger partial charge in [-0.2, -0.15) is 0 Å². The molecule has 1 aliphatic heterocycles. The molecule has 2 aromatic carbocycles. The summed E-state index contributed by atoms with van der Waals surface area (Å²) in [4.78, 5) is 26.0. The lowest BCUT2D eigenvalue weighted by atomic mass is 10.1. The highest BCUT2D eigenvalue weighted by Crippen LogP contribution is 2.23. The van der Waals surface area contributed by atoms with Crippen molar-refractivity contribution >= 4 is 23.6 Å². The number of carbonyl (C=O) groups excluding carboxylic acids is 2.